The predicted molar refractivity (Wildman–Crippen MR) is 117 cm³/mol. The number of benzene rings is 1. The Balaban J connectivity index is 1.48. The Hall–Kier alpha value is -1.93. The monoisotopic (exact) mass is 435 g/mol. The van der Waals surface area contributed by atoms with E-state index in [-0.39, 0.29) is 5.91 Å². The highest BCUT2D eigenvalue weighted by atomic mass is 35.5. The van der Waals surface area contributed by atoms with E-state index in [9.17, 15) is 9.59 Å². The van der Waals surface area contributed by atoms with E-state index in [2.05, 4.69) is 21.2 Å². The first kappa shape index (κ1) is 21.8. The van der Waals surface area contributed by atoms with E-state index < -0.39 is 5.97 Å². The second kappa shape index (κ2) is 10.2. The van der Waals surface area contributed by atoms with Crippen molar-refractivity contribution in [1.82, 2.24) is 9.80 Å². The van der Waals surface area contributed by atoms with Crippen LogP contribution in [0.15, 0.2) is 30.3 Å². The summed E-state index contributed by atoms with van der Waals surface area (Å²) in [6.45, 7) is 8.58. The van der Waals surface area contributed by atoms with Crippen molar-refractivity contribution in [2.45, 2.75) is 20.4 Å². The Kier molecular flexibility index (Phi) is 7.66. The third kappa shape index (κ3) is 6.27. The van der Waals surface area contributed by atoms with Gasteiger partial charge in [0.05, 0.1) is 18.7 Å². The molecule has 3 rings (SSSR count). The quantitative estimate of drug-likeness (QED) is 0.673. The molecule has 1 amide bonds. The smallest absolute Gasteiger partial charge is 0.341 e. The molecule has 29 heavy (non-hydrogen) atoms. The van der Waals surface area contributed by atoms with Crippen molar-refractivity contribution >= 4 is 39.8 Å². The molecular weight excluding hydrogens is 410 g/mol. The maximum atomic E-state index is 12.5. The van der Waals surface area contributed by atoms with E-state index in [4.69, 9.17) is 16.3 Å². The summed E-state index contributed by atoms with van der Waals surface area (Å²) in [6.07, 6.45) is 0. The first-order chi connectivity index (χ1) is 13.9. The van der Waals surface area contributed by atoms with E-state index in [1.165, 1.54) is 16.9 Å². The lowest BCUT2D eigenvalue weighted by atomic mass is 10.2. The highest BCUT2D eigenvalue weighted by Gasteiger charge is 2.22. The van der Waals surface area contributed by atoms with Crippen molar-refractivity contribution in [3.05, 3.63) is 51.4 Å². The Bertz CT molecular complexity index is 863. The molecule has 1 aliphatic rings. The Morgan fingerprint density at radius 3 is 2.59 bits per heavy atom. The molecule has 1 fully saturated rings. The van der Waals surface area contributed by atoms with Gasteiger partial charge in [-0.15, -0.1) is 11.3 Å². The topological polar surface area (TPSA) is 61.9 Å². The molecule has 0 aliphatic carbocycles. The zero-order valence-corrected chi connectivity index (χ0v) is 18.3. The van der Waals surface area contributed by atoms with Gasteiger partial charge >= 0.3 is 5.97 Å². The number of ether oxygens (including phenoxy) is 1. The van der Waals surface area contributed by atoms with Crippen molar-refractivity contribution in [1.29, 1.82) is 0 Å². The average molecular weight is 436 g/mol. The number of halogens is 1. The lowest BCUT2D eigenvalue weighted by Crippen LogP contribution is -2.48. The fourth-order valence-electron chi connectivity index (χ4n) is 3.34. The third-order valence-corrected chi connectivity index (χ3v) is 5.93. The highest BCUT2D eigenvalue weighted by molar-refractivity contribution is 7.16. The van der Waals surface area contributed by atoms with Crippen LogP contribution in [0.3, 0.4) is 0 Å². The van der Waals surface area contributed by atoms with Crippen LogP contribution < -0.4 is 5.32 Å². The number of aryl methyl sites for hydroxylation is 1. The molecule has 6 nitrogen and oxygen atoms in total. The molecule has 0 radical (unpaired) electrons. The molecule has 0 atom stereocenters. The Labute approximate surface area is 180 Å². The Morgan fingerprint density at radius 2 is 1.90 bits per heavy atom. The fraction of sp³-hybridized carbons (Fsp3) is 0.429. The van der Waals surface area contributed by atoms with Gasteiger partial charge < -0.3 is 10.1 Å². The second-order valence-electron chi connectivity index (χ2n) is 7.05. The van der Waals surface area contributed by atoms with Gasteiger partial charge in [0.15, 0.2) is 0 Å². The van der Waals surface area contributed by atoms with E-state index in [1.807, 2.05) is 25.1 Å². The molecule has 0 unspecified atom stereocenters. The zero-order chi connectivity index (χ0) is 20.8. The number of hydrogen-bond acceptors (Lipinski definition) is 6. The summed E-state index contributed by atoms with van der Waals surface area (Å²) in [6, 6.07) is 9.67. The summed E-state index contributed by atoms with van der Waals surface area (Å²) in [5.74, 6) is -0.512. The number of nitrogens with one attached hydrogen (secondary N) is 1. The molecule has 2 heterocycles. The largest absolute Gasteiger partial charge is 0.462 e. The van der Waals surface area contributed by atoms with Crippen molar-refractivity contribution in [3.8, 4) is 0 Å². The van der Waals surface area contributed by atoms with Gasteiger partial charge in [0.2, 0.25) is 5.91 Å². The predicted octanol–water partition coefficient (Wildman–Crippen LogP) is 3.64. The molecule has 0 spiro atoms. The lowest BCUT2D eigenvalue weighted by Gasteiger charge is -2.34. The van der Waals surface area contributed by atoms with Gasteiger partial charge in [-0.3, -0.25) is 14.6 Å². The van der Waals surface area contributed by atoms with Gasteiger partial charge in [-0.05, 0) is 37.6 Å². The summed E-state index contributed by atoms with van der Waals surface area (Å²) in [7, 11) is 0. The maximum Gasteiger partial charge on any atom is 0.341 e. The average Bonchev–Trinajstić information content (AvgIpc) is 3.04. The number of rotatable bonds is 7. The first-order valence-electron chi connectivity index (χ1n) is 9.71. The lowest BCUT2D eigenvalue weighted by molar-refractivity contribution is -0.117. The van der Waals surface area contributed by atoms with Gasteiger partial charge in [0, 0.05) is 42.6 Å². The van der Waals surface area contributed by atoms with Gasteiger partial charge in [-0.25, -0.2) is 4.79 Å². The Morgan fingerprint density at radius 1 is 1.17 bits per heavy atom. The molecular formula is C21H26ClN3O3S. The van der Waals surface area contributed by atoms with E-state index in [0.29, 0.717) is 23.7 Å². The molecule has 2 aromatic rings. The van der Waals surface area contributed by atoms with E-state index in [0.717, 1.165) is 42.6 Å². The summed E-state index contributed by atoms with van der Waals surface area (Å²) >= 11 is 7.45. The molecule has 1 N–H and O–H groups in total. The number of anilines is 1. The van der Waals surface area contributed by atoms with Crippen LogP contribution in [0.5, 0.6) is 0 Å². The van der Waals surface area contributed by atoms with E-state index >= 15 is 0 Å². The van der Waals surface area contributed by atoms with Crippen molar-refractivity contribution < 1.29 is 14.3 Å². The van der Waals surface area contributed by atoms with Crippen molar-refractivity contribution in [2.24, 2.45) is 0 Å². The number of carbonyl (C=O) groups is 2. The van der Waals surface area contributed by atoms with Crippen LogP contribution in [0.25, 0.3) is 0 Å². The summed E-state index contributed by atoms with van der Waals surface area (Å²) < 4.78 is 5.07. The molecule has 0 bridgehead atoms. The number of hydrogen-bond donors (Lipinski definition) is 1. The number of esters is 1. The SMILES string of the molecule is CCOC(=O)c1cc(C)sc1NC(=O)CN1CCN(Cc2cccc(Cl)c2)CC1. The summed E-state index contributed by atoms with van der Waals surface area (Å²) in [5, 5.41) is 4.20. The van der Waals surface area contributed by atoms with Crippen molar-refractivity contribution in [2.75, 3.05) is 44.6 Å². The van der Waals surface area contributed by atoms with Gasteiger partial charge in [-0.2, -0.15) is 0 Å². The molecule has 1 aromatic heterocycles. The van der Waals surface area contributed by atoms with Gasteiger partial charge in [0.1, 0.15) is 5.00 Å². The third-order valence-electron chi connectivity index (χ3n) is 4.73. The molecule has 1 aliphatic heterocycles. The standard InChI is InChI=1S/C21H26ClN3O3S/c1-3-28-21(27)18-11-15(2)29-20(18)23-19(26)14-25-9-7-24(8-10-25)13-16-5-4-6-17(22)12-16/h4-6,11-12H,3,7-10,13-14H2,1-2H3,(H,23,26). The van der Waals surface area contributed by atoms with Crippen LogP contribution in [0, 0.1) is 6.92 Å². The molecule has 0 saturated carbocycles. The number of carbonyl (C=O) groups excluding carboxylic acids is 2. The molecule has 8 heteroatoms. The molecule has 1 saturated heterocycles. The van der Waals surface area contributed by atoms with Crippen LogP contribution in [0.1, 0.15) is 27.7 Å². The normalized spacial score (nSPS) is 15.3. The number of piperazine rings is 1. The van der Waals surface area contributed by atoms with Crippen LogP contribution >= 0.6 is 22.9 Å². The minimum Gasteiger partial charge on any atom is -0.462 e. The van der Waals surface area contributed by atoms with Crippen LogP contribution in [0.2, 0.25) is 5.02 Å². The van der Waals surface area contributed by atoms with Gasteiger partial charge in [-0.1, -0.05) is 23.7 Å². The maximum absolute atomic E-state index is 12.5. The van der Waals surface area contributed by atoms with Crippen LogP contribution in [-0.4, -0.2) is 61.0 Å². The highest BCUT2D eigenvalue weighted by Crippen LogP contribution is 2.28. The second-order valence-corrected chi connectivity index (χ2v) is 8.74. The van der Waals surface area contributed by atoms with Crippen LogP contribution in [0.4, 0.5) is 5.00 Å². The molecule has 156 valence electrons. The van der Waals surface area contributed by atoms with Gasteiger partial charge in [0.25, 0.3) is 0 Å². The summed E-state index contributed by atoms with van der Waals surface area (Å²) in [4.78, 5) is 30.0. The van der Waals surface area contributed by atoms with Crippen molar-refractivity contribution in [3.63, 3.8) is 0 Å². The number of nitrogens with zero attached hydrogens (tertiary/aromatic N) is 2. The molecule has 1 aromatic carbocycles. The zero-order valence-electron chi connectivity index (χ0n) is 16.7. The minimum absolute atomic E-state index is 0.110. The summed E-state index contributed by atoms with van der Waals surface area (Å²) in [5.41, 5.74) is 1.62. The fourth-order valence-corrected chi connectivity index (χ4v) is 4.46. The van der Waals surface area contributed by atoms with Crippen LogP contribution in [-0.2, 0) is 16.1 Å². The van der Waals surface area contributed by atoms with E-state index in [1.54, 1.807) is 13.0 Å². The minimum atomic E-state index is -0.401. The number of thiophene rings is 1. The first-order valence-corrected chi connectivity index (χ1v) is 10.9. The number of amides is 1.